The highest BCUT2D eigenvalue weighted by Crippen LogP contribution is 2.25. The first-order valence-corrected chi connectivity index (χ1v) is 9.23. The van der Waals surface area contributed by atoms with Gasteiger partial charge in [-0.15, -0.1) is 0 Å². The minimum absolute atomic E-state index is 0.109. The van der Waals surface area contributed by atoms with Gasteiger partial charge in [0.25, 0.3) is 0 Å². The van der Waals surface area contributed by atoms with Crippen LogP contribution in [0.15, 0.2) is 29.2 Å². The summed E-state index contributed by atoms with van der Waals surface area (Å²) in [6.45, 7) is 5.50. The molecule has 1 atom stereocenters. The molecule has 1 aromatic carbocycles. The van der Waals surface area contributed by atoms with Gasteiger partial charge in [-0.3, -0.25) is 4.79 Å². The molecule has 8 heteroatoms. The van der Waals surface area contributed by atoms with Crippen LogP contribution in [0.2, 0.25) is 0 Å². The summed E-state index contributed by atoms with van der Waals surface area (Å²) in [7, 11) is -3.58. The second-order valence-corrected chi connectivity index (χ2v) is 7.76. The molecule has 1 fully saturated rings. The number of nitrogens with one attached hydrogen (secondary N) is 1. The number of aryl methyl sites for hydroxylation is 1. The zero-order chi connectivity index (χ0) is 17.9. The molecule has 1 aromatic rings. The van der Waals surface area contributed by atoms with Crippen LogP contribution in [-0.4, -0.2) is 50.3 Å². The molecule has 0 radical (unpaired) electrons. The first-order chi connectivity index (χ1) is 11.3. The van der Waals surface area contributed by atoms with E-state index in [1.807, 2.05) is 13.0 Å². The molecular formula is C16H22N2O5S. The zero-order valence-corrected chi connectivity index (χ0v) is 14.8. The van der Waals surface area contributed by atoms with E-state index in [0.29, 0.717) is 0 Å². The van der Waals surface area contributed by atoms with E-state index >= 15 is 0 Å². The summed E-state index contributed by atoms with van der Waals surface area (Å²) < 4.78 is 31.0. The molecule has 7 nitrogen and oxygen atoms in total. The van der Waals surface area contributed by atoms with Crippen LogP contribution in [0.3, 0.4) is 0 Å². The van der Waals surface area contributed by atoms with Crippen LogP contribution < -0.4 is 5.32 Å². The fourth-order valence-corrected chi connectivity index (χ4v) is 4.02. The van der Waals surface area contributed by atoms with Crippen molar-refractivity contribution in [3.8, 4) is 0 Å². The Morgan fingerprint density at radius 2 is 2.04 bits per heavy atom. The van der Waals surface area contributed by atoms with Gasteiger partial charge in [-0.1, -0.05) is 12.1 Å². The Kier molecular flexibility index (Phi) is 5.61. The molecule has 1 aliphatic rings. The van der Waals surface area contributed by atoms with E-state index in [1.165, 1.54) is 11.2 Å². The lowest BCUT2D eigenvalue weighted by atomic mass is 10.0. The van der Waals surface area contributed by atoms with Gasteiger partial charge in [0, 0.05) is 13.1 Å². The van der Waals surface area contributed by atoms with Gasteiger partial charge in [-0.2, -0.15) is 4.31 Å². The number of nitrogens with zero attached hydrogens (tertiary/aromatic N) is 1. The Balaban J connectivity index is 1.92. The van der Waals surface area contributed by atoms with Gasteiger partial charge < -0.3 is 10.1 Å². The van der Waals surface area contributed by atoms with Crippen molar-refractivity contribution in [2.45, 2.75) is 31.7 Å². The molecule has 1 saturated heterocycles. The van der Waals surface area contributed by atoms with Crippen LogP contribution in [0.4, 0.5) is 0 Å². The van der Waals surface area contributed by atoms with E-state index in [2.05, 4.69) is 5.32 Å². The summed E-state index contributed by atoms with van der Waals surface area (Å²) >= 11 is 0. The summed E-state index contributed by atoms with van der Waals surface area (Å²) in [6.07, 6.45) is 0. The highest BCUT2D eigenvalue weighted by atomic mass is 32.2. The minimum atomic E-state index is -3.58. The highest BCUT2D eigenvalue weighted by molar-refractivity contribution is 7.89. The van der Waals surface area contributed by atoms with Gasteiger partial charge in [0.1, 0.15) is 6.04 Å². The summed E-state index contributed by atoms with van der Waals surface area (Å²) in [5.41, 5.74) is 0.856. The lowest BCUT2D eigenvalue weighted by molar-refractivity contribution is -0.147. The van der Waals surface area contributed by atoms with Gasteiger partial charge in [0.15, 0.2) is 0 Å². The highest BCUT2D eigenvalue weighted by Gasteiger charge is 2.41. The monoisotopic (exact) mass is 354 g/mol. The number of ether oxygens (including phenoxy) is 1. The number of hydrogen-bond donors (Lipinski definition) is 1. The molecule has 1 N–H and O–H groups in total. The molecule has 1 aliphatic heterocycles. The molecule has 0 aromatic heterocycles. The van der Waals surface area contributed by atoms with Crippen molar-refractivity contribution in [1.82, 2.24) is 9.62 Å². The Bertz CT molecular complexity index is 726. The maximum absolute atomic E-state index is 12.5. The quantitative estimate of drug-likeness (QED) is 0.759. The molecule has 0 bridgehead atoms. The number of rotatable bonds is 6. The van der Waals surface area contributed by atoms with Crippen LogP contribution in [-0.2, 0) is 24.3 Å². The number of benzene rings is 1. The van der Waals surface area contributed by atoms with Crippen molar-refractivity contribution in [2.24, 2.45) is 5.92 Å². The van der Waals surface area contributed by atoms with Crippen LogP contribution in [0.25, 0.3) is 0 Å². The van der Waals surface area contributed by atoms with Crippen molar-refractivity contribution < 1.29 is 22.7 Å². The van der Waals surface area contributed by atoms with Crippen molar-refractivity contribution in [3.05, 3.63) is 29.8 Å². The summed E-state index contributed by atoms with van der Waals surface area (Å²) in [4.78, 5) is 23.8. The number of amides is 1. The molecule has 0 aliphatic carbocycles. The van der Waals surface area contributed by atoms with E-state index in [-0.39, 0.29) is 30.5 Å². The third-order valence-corrected chi connectivity index (χ3v) is 5.67. The summed E-state index contributed by atoms with van der Waals surface area (Å²) in [5, 5.41) is 2.55. The fourth-order valence-electron chi connectivity index (χ4n) is 2.38. The number of esters is 1. The van der Waals surface area contributed by atoms with E-state index < -0.39 is 28.0 Å². The van der Waals surface area contributed by atoms with Crippen molar-refractivity contribution in [1.29, 1.82) is 0 Å². The van der Waals surface area contributed by atoms with E-state index in [1.54, 1.807) is 25.1 Å². The van der Waals surface area contributed by atoms with E-state index in [9.17, 15) is 18.0 Å². The predicted octanol–water partition coefficient (Wildman–Crippen LogP) is 0.683. The maximum atomic E-state index is 12.5. The molecule has 1 unspecified atom stereocenters. The second-order valence-electron chi connectivity index (χ2n) is 5.82. The van der Waals surface area contributed by atoms with Crippen LogP contribution >= 0.6 is 0 Å². The SMILES string of the molecule is CCOC(=O)C(C)NC(=O)C1CN(S(=O)(=O)c2cccc(C)c2)C1. The largest absolute Gasteiger partial charge is 0.464 e. The number of carbonyl (C=O) groups excluding carboxylic acids is 2. The molecular weight excluding hydrogens is 332 g/mol. The number of carbonyl (C=O) groups is 2. The van der Waals surface area contributed by atoms with E-state index in [4.69, 9.17) is 4.74 Å². The van der Waals surface area contributed by atoms with Crippen LogP contribution in [0.5, 0.6) is 0 Å². The smallest absolute Gasteiger partial charge is 0.328 e. The molecule has 1 amide bonds. The van der Waals surface area contributed by atoms with Crippen LogP contribution in [0.1, 0.15) is 19.4 Å². The molecule has 24 heavy (non-hydrogen) atoms. The third kappa shape index (κ3) is 3.93. The van der Waals surface area contributed by atoms with Crippen LogP contribution in [0, 0.1) is 12.8 Å². The van der Waals surface area contributed by atoms with Gasteiger partial charge in [-0.05, 0) is 38.5 Å². The Morgan fingerprint density at radius 3 is 2.62 bits per heavy atom. The molecule has 0 spiro atoms. The predicted molar refractivity (Wildman–Crippen MR) is 87.7 cm³/mol. The lowest BCUT2D eigenvalue weighted by Crippen LogP contribution is -2.57. The maximum Gasteiger partial charge on any atom is 0.328 e. The normalized spacial score (nSPS) is 17.0. The fraction of sp³-hybridized carbons (Fsp3) is 0.500. The molecule has 0 saturated carbocycles. The molecule has 2 rings (SSSR count). The number of sulfonamides is 1. The van der Waals surface area contributed by atoms with E-state index in [0.717, 1.165) is 5.56 Å². The Hall–Kier alpha value is -1.93. The van der Waals surface area contributed by atoms with Crippen molar-refractivity contribution >= 4 is 21.9 Å². The first kappa shape index (κ1) is 18.4. The second kappa shape index (κ2) is 7.31. The van der Waals surface area contributed by atoms with Gasteiger partial charge >= 0.3 is 5.97 Å². The number of hydrogen-bond acceptors (Lipinski definition) is 5. The Morgan fingerprint density at radius 1 is 1.38 bits per heavy atom. The van der Waals surface area contributed by atoms with Gasteiger partial charge in [0.2, 0.25) is 15.9 Å². The van der Waals surface area contributed by atoms with Gasteiger partial charge in [-0.25, -0.2) is 13.2 Å². The topological polar surface area (TPSA) is 92.8 Å². The standard InChI is InChI=1S/C16H22N2O5S/c1-4-23-16(20)12(3)17-15(19)13-9-18(10-13)24(21,22)14-7-5-6-11(2)8-14/h5-8,12-13H,4,9-10H2,1-3H3,(H,17,19). The lowest BCUT2D eigenvalue weighted by Gasteiger charge is -2.37. The van der Waals surface area contributed by atoms with Crippen molar-refractivity contribution in [3.63, 3.8) is 0 Å². The average Bonchev–Trinajstić information content (AvgIpc) is 2.45. The molecule has 132 valence electrons. The summed E-state index contributed by atoms with van der Waals surface area (Å²) in [6, 6.07) is 5.90. The average molecular weight is 354 g/mol. The third-order valence-electron chi connectivity index (χ3n) is 3.85. The Labute approximate surface area is 142 Å². The van der Waals surface area contributed by atoms with Crippen molar-refractivity contribution in [2.75, 3.05) is 19.7 Å². The minimum Gasteiger partial charge on any atom is -0.464 e. The zero-order valence-electron chi connectivity index (χ0n) is 14.0. The molecule has 1 heterocycles. The van der Waals surface area contributed by atoms with Gasteiger partial charge in [0.05, 0.1) is 17.4 Å². The summed E-state index contributed by atoms with van der Waals surface area (Å²) in [5.74, 6) is -1.30. The first-order valence-electron chi connectivity index (χ1n) is 7.79.